The fourth-order valence-corrected chi connectivity index (χ4v) is 3.37. The summed E-state index contributed by atoms with van der Waals surface area (Å²) in [5.74, 6) is -1.53. The summed E-state index contributed by atoms with van der Waals surface area (Å²) in [5, 5.41) is 13.6. The van der Waals surface area contributed by atoms with Gasteiger partial charge in [0.05, 0.1) is 5.56 Å². The van der Waals surface area contributed by atoms with Crippen LogP contribution in [0.4, 0.5) is 0 Å². The number of nitrogens with zero attached hydrogens (tertiary/aromatic N) is 1. The average Bonchev–Trinajstić information content (AvgIpc) is 3.08. The van der Waals surface area contributed by atoms with E-state index in [1.165, 1.54) is 40.5 Å². The zero-order chi connectivity index (χ0) is 16.4. The molecule has 23 heavy (non-hydrogen) atoms. The topological polar surface area (TPSA) is 86.7 Å². The zero-order valence-electron chi connectivity index (χ0n) is 12.1. The van der Waals surface area contributed by atoms with E-state index in [1.54, 1.807) is 0 Å². The zero-order valence-corrected chi connectivity index (χ0v) is 12.9. The minimum absolute atomic E-state index is 0.118. The largest absolute Gasteiger partial charge is 0.478 e. The summed E-state index contributed by atoms with van der Waals surface area (Å²) >= 11 is 1.42. The van der Waals surface area contributed by atoms with Crippen LogP contribution in [0.2, 0.25) is 0 Å². The van der Waals surface area contributed by atoms with Crippen LogP contribution in [-0.2, 0) is 4.79 Å². The molecule has 0 radical (unpaired) electrons. The molecule has 0 bridgehead atoms. The molecule has 1 aliphatic heterocycles. The normalized spacial score (nSPS) is 17.7. The van der Waals surface area contributed by atoms with E-state index < -0.39 is 12.0 Å². The number of nitrogens with one attached hydrogen (secondary N) is 1. The second kappa shape index (κ2) is 6.21. The third-order valence-electron chi connectivity index (χ3n) is 3.66. The fourth-order valence-electron chi connectivity index (χ4n) is 2.54. The molecule has 6 nitrogen and oxygen atoms in total. The molecule has 7 heteroatoms. The number of hydrogen-bond donors (Lipinski definition) is 2. The summed E-state index contributed by atoms with van der Waals surface area (Å²) in [6.07, 6.45) is 0. The number of carboxylic acid groups (broad SMARTS) is 1. The van der Waals surface area contributed by atoms with Gasteiger partial charge in [0.2, 0.25) is 5.91 Å². The number of benzene rings is 1. The van der Waals surface area contributed by atoms with Gasteiger partial charge in [-0.1, -0.05) is 6.07 Å². The summed E-state index contributed by atoms with van der Waals surface area (Å²) in [7, 11) is 0. The maximum absolute atomic E-state index is 12.7. The van der Waals surface area contributed by atoms with Crippen molar-refractivity contribution in [1.29, 1.82) is 0 Å². The molecule has 3 rings (SSSR count). The number of rotatable bonds is 3. The van der Waals surface area contributed by atoms with Crippen molar-refractivity contribution in [2.24, 2.45) is 0 Å². The van der Waals surface area contributed by atoms with Crippen LogP contribution in [0.1, 0.15) is 31.6 Å². The lowest BCUT2D eigenvalue weighted by Gasteiger charge is -2.34. The maximum atomic E-state index is 12.7. The Morgan fingerprint density at radius 1 is 1.17 bits per heavy atom. The summed E-state index contributed by atoms with van der Waals surface area (Å²) in [5.41, 5.74) is 0.485. The molecule has 2 heterocycles. The van der Waals surface area contributed by atoms with Gasteiger partial charge in [0.1, 0.15) is 6.04 Å². The Balaban J connectivity index is 1.89. The van der Waals surface area contributed by atoms with Crippen LogP contribution in [0.25, 0.3) is 0 Å². The molecule has 2 N–H and O–H groups in total. The predicted octanol–water partition coefficient (Wildman–Crippen LogP) is 1.76. The van der Waals surface area contributed by atoms with Crippen LogP contribution in [-0.4, -0.2) is 40.9 Å². The number of amides is 2. The van der Waals surface area contributed by atoms with Gasteiger partial charge in [-0.25, -0.2) is 4.79 Å². The van der Waals surface area contributed by atoms with Crippen LogP contribution in [0.15, 0.2) is 41.8 Å². The standard InChI is InChI=1S/C16H14N2O4S/c19-14-13(12-2-1-9-23-12)18(8-7-17-14)15(20)10-3-5-11(6-4-10)16(21)22/h1-6,9,13H,7-8H2,(H,17,19)(H,21,22). The quantitative estimate of drug-likeness (QED) is 0.898. The van der Waals surface area contributed by atoms with Crippen molar-refractivity contribution in [3.8, 4) is 0 Å². The van der Waals surface area contributed by atoms with Gasteiger partial charge in [-0.2, -0.15) is 0 Å². The second-order valence-electron chi connectivity index (χ2n) is 5.09. The first-order valence-corrected chi connectivity index (χ1v) is 7.91. The molecule has 118 valence electrons. The lowest BCUT2D eigenvalue weighted by Crippen LogP contribution is -2.51. The molecule has 0 spiro atoms. The fraction of sp³-hybridized carbons (Fsp3) is 0.188. The minimum Gasteiger partial charge on any atom is -0.478 e. The highest BCUT2D eigenvalue weighted by molar-refractivity contribution is 7.10. The van der Waals surface area contributed by atoms with Crippen molar-refractivity contribution in [2.45, 2.75) is 6.04 Å². The van der Waals surface area contributed by atoms with E-state index in [-0.39, 0.29) is 17.4 Å². The highest BCUT2D eigenvalue weighted by Gasteiger charge is 2.35. The van der Waals surface area contributed by atoms with Crippen molar-refractivity contribution < 1.29 is 19.5 Å². The van der Waals surface area contributed by atoms with Gasteiger partial charge in [0.25, 0.3) is 5.91 Å². The Bertz CT molecular complexity index is 740. The maximum Gasteiger partial charge on any atom is 0.335 e. The van der Waals surface area contributed by atoms with E-state index in [0.717, 1.165) is 4.88 Å². The Morgan fingerprint density at radius 3 is 2.48 bits per heavy atom. The Kier molecular flexibility index (Phi) is 4.12. The Labute approximate surface area is 136 Å². The second-order valence-corrected chi connectivity index (χ2v) is 6.07. The molecule has 1 aromatic heterocycles. The van der Waals surface area contributed by atoms with Gasteiger partial charge in [-0.05, 0) is 35.7 Å². The molecule has 0 aliphatic carbocycles. The molecule has 1 aliphatic rings. The first-order chi connectivity index (χ1) is 11.1. The number of aromatic carboxylic acids is 1. The number of thiophene rings is 1. The first-order valence-electron chi connectivity index (χ1n) is 7.03. The van der Waals surface area contributed by atoms with Crippen molar-refractivity contribution in [3.05, 3.63) is 57.8 Å². The molecule has 1 atom stereocenters. The van der Waals surface area contributed by atoms with E-state index in [2.05, 4.69) is 5.32 Å². The summed E-state index contributed by atoms with van der Waals surface area (Å²) in [6.45, 7) is 0.813. The van der Waals surface area contributed by atoms with Crippen LogP contribution in [0.5, 0.6) is 0 Å². The molecule has 1 fully saturated rings. The number of piperazine rings is 1. The van der Waals surface area contributed by atoms with Crippen LogP contribution < -0.4 is 5.32 Å². The van der Waals surface area contributed by atoms with Gasteiger partial charge < -0.3 is 15.3 Å². The van der Waals surface area contributed by atoms with Crippen LogP contribution in [0, 0.1) is 0 Å². The Morgan fingerprint density at radius 2 is 1.87 bits per heavy atom. The number of carboxylic acids is 1. The smallest absolute Gasteiger partial charge is 0.335 e. The number of carbonyl (C=O) groups is 3. The van der Waals surface area contributed by atoms with E-state index in [1.807, 2.05) is 17.5 Å². The van der Waals surface area contributed by atoms with E-state index in [0.29, 0.717) is 18.7 Å². The predicted molar refractivity (Wildman–Crippen MR) is 84.5 cm³/mol. The van der Waals surface area contributed by atoms with E-state index in [9.17, 15) is 14.4 Å². The summed E-state index contributed by atoms with van der Waals surface area (Å²) < 4.78 is 0. The minimum atomic E-state index is -1.04. The van der Waals surface area contributed by atoms with E-state index >= 15 is 0 Å². The van der Waals surface area contributed by atoms with Gasteiger partial charge >= 0.3 is 5.97 Å². The van der Waals surface area contributed by atoms with E-state index in [4.69, 9.17) is 5.11 Å². The molecule has 2 amide bonds. The SMILES string of the molecule is O=C(O)c1ccc(C(=O)N2CCNC(=O)C2c2cccs2)cc1. The van der Waals surface area contributed by atoms with Crippen molar-refractivity contribution in [2.75, 3.05) is 13.1 Å². The summed E-state index contributed by atoms with van der Waals surface area (Å²) in [4.78, 5) is 38.2. The molecular formula is C16H14N2O4S. The number of carbonyl (C=O) groups excluding carboxylic acids is 2. The van der Waals surface area contributed by atoms with Crippen LogP contribution >= 0.6 is 11.3 Å². The highest BCUT2D eigenvalue weighted by atomic mass is 32.1. The third kappa shape index (κ3) is 2.95. The molecule has 0 saturated carbocycles. The van der Waals surface area contributed by atoms with Gasteiger partial charge in [0.15, 0.2) is 0 Å². The van der Waals surface area contributed by atoms with Crippen molar-refractivity contribution in [3.63, 3.8) is 0 Å². The first kappa shape index (κ1) is 15.2. The molecule has 1 saturated heterocycles. The lowest BCUT2D eigenvalue weighted by atomic mass is 10.1. The molecule has 1 aromatic carbocycles. The lowest BCUT2D eigenvalue weighted by molar-refractivity contribution is -0.127. The third-order valence-corrected chi connectivity index (χ3v) is 4.59. The van der Waals surface area contributed by atoms with Gasteiger partial charge in [-0.3, -0.25) is 9.59 Å². The number of hydrogen-bond acceptors (Lipinski definition) is 4. The van der Waals surface area contributed by atoms with Gasteiger partial charge in [-0.15, -0.1) is 11.3 Å². The molecular weight excluding hydrogens is 316 g/mol. The monoisotopic (exact) mass is 330 g/mol. The van der Waals surface area contributed by atoms with Crippen molar-refractivity contribution in [1.82, 2.24) is 10.2 Å². The van der Waals surface area contributed by atoms with Crippen molar-refractivity contribution >= 4 is 29.1 Å². The van der Waals surface area contributed by atoms with Crippen LogP contribution in [0.3, 0.4) is 0 Å². The van der Waals surface area contributed by atoms with Gasteiger partial charge in [0, 0.05) is 23.5 Å². The highest BCUT2D eigenvalue weighted by Crippen LogP contribution is 2.28. The Hall–Kier alpha value is -2.67. The summed E-state index contributed by atoms with van der Waals surface area (Å²) in [6, 6.07) is 8.75. The molecule has 1 unspecified atom stereocenters. The average molecular weight is 330 g/mol. The molecule has 2 aromatic rings.